The lowest BCUT2D eigenvalue weighted by Crippen LogP contribution is -2.39. The smallest absolute Gasteiger partial charge is 0.408 e. The minimum atomic E-state index is -0.498. The van der Waals surface area contributed by atoms with Crippen LogP contribution in [-0.4, -0.2) is 30.9 Å². The number of rotatable bonds is 3. The van der Waals surface area contributed by atoms with Gasteiger partial charge in [0.25, 0.3) is 0 Å². The van der Waals surface area contributed by atoms with E-state index in [9.17, 15) is 4.79 Å². The minimum absolute atomic E-state index is 0.261. The van der Waals surface area contributed by atoms with E-state index >= 15 is 0 Å². The van der Waals surface area contributed by atoms with Crippen LogP contribution in [0.1, 0.15) is 40.0 Å². The normalized spacial score (nSPS) is 18.8. The van der Waals surface area contributed by atoms with Crippen LogP contribution >= 0.6 is 0 Å². The molecule has 1 aliphatic heterocycles. The second-order valence-electron chi connectivity index (χ2n) is 5.66. The van der Waals surface area contributed by atoms with Crippen molar-refractivity contribution >= 4 is 6.09 Å². The zero-order valence-corrected chi connectivity index (χ0v) is 11.5. The first-order valence-electron chi connectivity index (χ1n) is 6.44. The van der Waals surface area contributed by atoms with Gasteiger partial charge in [-0.3, -0.25) is 0 Å². The number of alkyl carbamates (subject to hydrolysis) is 1. The highest BCUT2D eigenvalue weighted by atomic mass is 16.6. The quantitative estimate of drug-likeness (QED) is 0.785. The molecular weight excluding hydrogens is 230 g/mol. The van der Waals surface area contributed by atoms with Crippen LogP contribution in [0, 0.1) is 18.3 Å². The third-order valence-electron chi connectivity index (χ3n) is 2.80. The van der Waals surface area contributed by atoms with Crippen molar-refractivity contribution in [2.75, 3.05) is 13.2 Å². The van der Waals surface area contributed by atoms with E-state index in [0.29, 0.717) is 5.92 Å². The maximum atomic E-state index is 11.6. The SMILES string of the molecule is C#CC(CC1CCOCC1)NC(=O)OC(C)(C)C. The fourth-order valence-electron chi connectivity index (χ4n) is 1.93. The Balaban J connectivity index is 2.37. The van der Waals surface area contributed by atoms with Crippen LogP contribution in [0.5, 0.6) is 0 Å². The van der Waals surface area contributed by atoms with Crippen molar-refractivity contribution in [1.82, 2.24) is 5.32 Å². The van der Waals surface area contributed by atoms with Crippen LogP contribution in [0.3, 0.4) is 0 Å². The molecule has 1 rings (SSSR count). The second-order valence-corrected chi connectivity index (χ2v) is 5.66. The number of terminal acetylenes is 1. The van der Waals surface area contributed by atoms with E-state index in [1.165, 1.54) is 0 Å². The molecule has 18 heavy (non-hydrogen) atoms. The largest absolute Gasteiger partial charge is 0.444 e. The molecule has 4 nitrogen and oxygen atoms in total. The summed E-state index contributed by atoms with van der Waals surface area (Å²) in [5, 5.41) is 2.73. The van der Waals surface area contributed by atoms with E-state index in [2.05, 4.69) is 11.2 Å². The summed E-state index contributed by atoms with van der Waals surface area (Å²) in [5.41, 5.74) is -0.498. The number of carbonyl (C=O) groups excluding carboxylic acids is 1. The lowest BCUT2D eigenvalue weighted by Gasteiger charge is -2.26. The Morgan fingerprint density at radius 3 is 2.61 bits per heavy atom. The highest BCUT2D eigenvalue weighted by Gasteiger charge is 2.22. The zero-order chi connectivity index (χ0) is 13.6. The molecule has 0 aromatic rings. The van der Waals surface area contributed by atoms with Crippen LogP contribution < -0.4 is 5.32 Å². The van der Waals surface area contributed by atoms with Crippen molar-refractivity contribution < 1.29 is 14.3 Å². The topological polar surface area (TPSA) is 47.6 Å². The molecule has 1 atom stereocenters. The van der Waals surface area contributed by atoms with E-state index in [0.717, 1.165) is 32.5 Å². The zero-order valence-electron chi connectivity index (χ0n) is 11.5. The first-order chi connectivity index (χ1) is 8.40. The Morgan fingerprint density at radius 2 is 2.11 bits per heavy atom. The van der Waals surface area contributed by atoms with Gasteiger partial charge in [-0.2, -0.15) is 0 Å². The number of nitrogens with one attached hydrogen (secondary N) is 1. The summed E-state index contributed by atoms with van der Waals surface area (Å²) in [6.45, 7) is 7.06. The summed E-state index contributed by atoms with van der Waals surface area (Å²) in [4.78, 5) is 11.6. The summed E-state index contributed by atoms with van der Waals surface area (Å²) in [6, 6.07) is -0.261. The average Bonchev–Trinajstić information content (AvgIpc) is 2.27. The van der Waals surface area contributed by atoms with Gasteiger partial charge in [0, 0.05) is 13.2 Å². The molecule has 0 bridgehead atoms. The molecular formula is C14H23NO3. The Kier molecular flexibility index (Phi) is 5.49. The van der Waals surface area contributed by atoms with Crippen molar-refractivity contribution in [2.24, 2.45) is 5.92 Å². The van der Waals surface area contributed by atoms with Gasteiger partial charge in [0.1, 0.15) is 5.60 Å². The van der Waals surface area contributed by atoms with Gasteiger partial charge in [0.2, 0.25) is 0 Å². The molecule has 0 saturated carbocycles. The Hall–Kier alpha value is -1.21. The van der Waals surface area contributed by atoms with Gasteiger partial charge in [0.15, 0.2) is 0 Å². The minimum Gasteiger partial charge on any atom is -0.444 e. The van der Waals surface area contributed by atoms with E-state index in [-0.39, 0.29) is 6.04 Å². The molecule has 1 unspecified atom stereocenters. The summed E-state index contributed by atoms with van der Waals surface area (Å²) in [5.74, 6) is 3.14. The van der Waals surface area contributed by atoms with Crippen molar-refractivity contribution in [3.05, 3.63) is 0 Å². The Bertz CT molecular complexity index is 308. The summed E-state index contributed by atoms with van der Waals surface area (Å²) in [6.07, 6.45) is 7.81. The van der Waals surface area contributed by atoms with Gasteiger partial charge >= 0.3 is 6.09 Å². The van der Waals surface area contributed by atoms with E-state index in [4.69, 9.17) is 15.9 Å². The number of hydrogen-bond acceptors (Lipinski definition) is 3. The van der Waals surface area contributed by atoms with Gasteiger partial charge in [-0.05, 0) is 46.0 Å². The van der Waals surface area contributed by atoms with Gasteiger partial charge in [-0.1, -0.05) is 5.92 Å². The molecule has 1 amide bonds. The molecule has 1 fully saturated rings. The molecule has 0 radical (unpaired) electrons. The third-order valence-corrected chi connectivity index (χ3v) is 2.80. The van der Waals surface area contributed by atoms with Gasteiger partial charge in [-0.15, -0.1) is 6.42 Å². The molecule has 1 N–H and O–H groups in total. The first-order valence-corrected chi connectivity index (χ1v) is 6.44. The lowest BCUT2D eigenvalue weighted by atomic mass is 9.93. The second kappa shape index (κ2) is 6.65. The van der Waals surface area contributed by atoms with Crippen molar-refractivity contribution in [1.29, 1.82) is 0 Å². The van der Waals surface area contributed by atoms with Crippen LogP contribution in [0.2, 0.25) is 0 Å². The fourth-order valence-corrected chi connectivity index (χ4v) is 1.93. The Labute approximate surface area is 109 Å². The van der Waals surface area contributed by atoms with Crippen LogP contribution in [0.25, 0.3) is 0 Å². The molecule has 0 aromatic heterocycles. The Morgan fingerprint density at radius 1 is 1.50 bits per heavy atom. The number of carbonyl (C=O) groups is 1. The van der Waals surface area contributed by atoms with E-state index in [1.807, 2.05) is 20.8 Å². The van der Waals surface area contributed by atoms with Crippen LogP contribution in [-0.2, 0) is 9.47 Å². The van der Waals surface area contributed by atoms with E-state index < -0.39 is 11.7 Å². The molecule has 0 spiro atoms. The predicted octanol–water partition coefficient (Wildman–Crippen LogP) is 2.33. The summed E-state index contributed by atoms with van der Waals surface area (Å²) >= 11 is 0. The van der Waals surface area contributed by atoms with Crippen molar-refractivity contribution in [3.8, 4) is 12.3 Å². The molecule has 1 heterocycles. The van der Waals surface area contributed by atoms with Gasteiger partial charge < -0.3 is 14.8 Å². The predicted molar refractivity (Wildman–Crippen MR) is 70.2 cm³/mol. The molecule has 4 heteroatoms. The van der Waals surface area contributed by atoms with Crippen molar-refractivity contribution in [3.63, 3.8) is 0 Å². The monoisotopic (exact) mass is 253 g/mol. The highest BCUT2D eigenvalue weighted by molar-refractivity contribution is 5.68. The van der Waals surface area contributed by atoms with Gasteiger partial charge in [0.05, 0.1) is 6.04 Å². The van der Waals surface area contributed by atoms with Crippen LogP contribution in [0.4, 0.5) is 4.79 Å². The number of ether oxygens (including phenoxy) is 2. The van der Waals surface area contributed by atoms with Gasteiger partial charge in [-0.25, -0.2) is 4.79 Å². The fraction of sp³-hybridized carbons (Fsp3) is 0.786. The molecule has 102 valence electrons. The molecule has 0 aromatic carbocycles. The van der Waals surface area contributed by atoms with Crippen molar-refractivity contribution in [2.45, 2.75) is 51.7 Å². The molecule has 0 aliphatic carbocycles. The molecule has 1 saturated heterocycles. The number of hydrogen-bond donors (Lipinski definition) is 1. The lowest BCUT2D eigenvalue weighted by molar-refractivity contribution is 0.0476. The number of amides is 1. The standard InChI is InChI=1S/C14H23NO3/c1-5-12(10-11-6-8-17-9-7-11)15-13(16)18-14(2,3)4/h1,11-12H,6-10H2,2-4H3,(H,15,16). The maximum absolute atomic E-state index is 11.6. The highest BCUT2D eigenvalue weighted by Crippen LogP contribution is 2.20. The van der Waals surface area contributed by atoms with Crippen LogP contribution in [0.15, 0.2) is 0 Å². The average molecular weight is 253 g/mol. The summed E-state index contributed by atoms with van der Waals surface area (Å²) in [7, 11) is 0. The first kappa shape index (κ1) is 14.8. The van der Waals surface area contributed by atoms with E-state index in [1.54, 1.807) is 0 Å². The third kappa shape index (κ3) is 5.92. The summed E-state index contributed by atoms with van der Waals surface area (Å²) < 4.78 is 10.5. The molecule has 1 aliphatic rings. The maximum Gasteiger partial charge on any atom is 0.408 e.